The zero-order chi connectivity index (χ0) is 22.3. The van der Waals surface area contributed by atoms with Crippen molar-refractivity contribution >= 4 is 16.5 Å². The van der Waals surface area contributed by atoms with E-state index >= 15 is 0 Å². The van der Waals surface area contributed by atoms with Crippen molar-refractivity contribution in [2.45, 2.75) is 33.2 Å². The van der Waals surface area contributed by atoms with E-state index in [0.717, 1.165) is 68.2 Å². The summed E-state index contributed by atoms with van der Waals surface area (Å²) < 4.78 is 23.3. The number of hydrogen-bond donors (Lipinski definition) is 0. The zero-order valence-electron chi connectivity index (χ0n) is 19.3. The van der Waals surface area contributed by atoms with E-state index in [9.17, 15) is 0 Å². The summed E-state index contributed by atoms with van der Waals surface area (Å²) in [5, 5.41) is 1.94. The van der Waals surface area contributed by atoms with Crippen LogP contribution in [0.3, 0.4) is 0 Å². The van der Waals surface area contributed by atoms with Gasteiger partial charge in [-0.3, -0.25) is 4.99 Å². The Morgan fingerprint density at radius 1 is 0.806 bits per heavy atom. The molecule has 162 valence electrons. The van der Waals surface area contributed by atoms with Crippen LogP contribution in [0.25, 0.3) is 21.9 Å². The van der Waals surface area contributed by atoms with Gasteiger partial charge in [-0.05, 0) is 61.9 Å². The molecule has 0 amide bonds. The SMILES string of the molecule is COc1cc2c(c(OC)c1-c1c(C)cc(OC)c3c(OC)cccc13)C(C)=N[C@H](C)C2. The van der Waals surface area contributed by atoms with E-state index in [2.05, 4.69) is 32.9 Å². The topological polar surface area (TPSA) is 49.3 Å². The van der Waals surface area contributed by atoms with Crippen LogP contribution < -0.4 is 18.9 Å². The van der Waals surface area contributed by atoms with Gasteiger partial charge in [0.2, 0.25) is 0 Å². The molecule has 0 aromatic heterocycles. The van der Waals surface area contributed by atoms with Crippen LogP contribution in [0.4, 0.5) is 0 Å². The first-order valence-corrected chi connectivity index (χ1v) is 10.4. The third-order valence-electron chi connectivity index (χ3n) is 6.02. The summed E-state index contributed by atoms with van der Waals surface area (Å²) in [6, 6.07) is 10.4. The molecule has 0 radical (unpaired) electrons. The van der Waals surface area contributed by atoms with E-state index in [4.69, 9.17) is 23.9 Å². The summed E-state index contributed by atoms with van der Waals surface area (Å²) in [7, 11) is 6.78. The molecule has 5 nitrogen and oxygen atoms in total. The highest BCUT2D eigenvalue weighted by atomic mass is 16.5. The van der Waals surface area contributed by atoms with Gasteiger partial charge in [0, 0.05) is 16.8 Å². The fourth-order valence-electron chi connectivity index (χ4n) is 4.81. The third-order valence-corrected chi connectivity index (χ3v) is 6.02. The van der Waals surface area contributed by atoms with E-state index in [1.807, 2.05) is 18.2 Å². The summed E-state index contributed by atoms with van der Waals surface area (Å²) in [6.07, 6.45) is 0.857. The Hall–Kier alpha value is -3.21. The predicted molar refractivity (Wildman–Crippen MR) is 126 cm³/mol. The standard InChI is InChI=1S/C26H29NO4/c1-14-11-20(29-5)24-18(9-8-10-19(24)28-4)22(14)25-21(30-6)13-17-12-15(2)27-16(3)23(17)26(25)31-7/h8-11,13,15H,12H2,1-7H3/t15-/m1/s1. The molecule has 1 aliphatic heterocycles. The quantitative estimate of drug-likeness (QED) is 0.540. The number of methoxy groups -OCH3 is 4. The Bertz CT molecular complexity index is 1200. The minimum Gasteiger partial charge on any atom is -0.496 e. The molecule has 0 bridgehead atoms. The normalized spacial score (nSPS) is 15.3. The van der Waals surface area contributed by atoms with Crippen molar-refractivity contribution < 1.29 is 18.9 Å². The molecular weight excluding hydrogens is 390 g/mol. The first-order valence-electron chi connectivity index (χ1n) is 10.4. The molecule has 4 rings (SSSR count). The van der Waals surface area contributed by atoms with Crippen LogP contribution in [-0.2, 0) is 6.42 Å². The summed E-state index contributed by atoms with van der Waals surface area (Å²) in [5.41, 5.74) is 6.27. The van der Waals surface area contributed by atoms with E-state index in [0.29, 0.717) is 0 Å². The first-order chi connectivity index (χ1) is 14.9. The van der Waals surface area contributed by atoms with Gasteiger partial charge in [-0.2, -0.15) is 0 Å². The monoisotopic (exact) mass is 419 g/mol. The predicted octanol–water partition coefficient (Wildman–Crippen LogP) is 5.60. The molecule has 1 heterocycles. The number of hydrogen-bond acceptors (Lipinski definition) is 5. The summed E-state index contributed by atoms with van der Waals surface area (Å²) in [5.74, 6) is 3.11. The van der Waals surface area contributed by atoms with Gasteiger partial charge in [0.05, 0.1) is 45.4 Å². The second-order valence-corrected chi connectivity index (χ2v) is 7.94. The zero-order valence-corrected chi connectivity index (χ0v) is 19.3. The lowest BCUT2D eigenvalue weighted by Gasteiger charge is -2.26. The Kier molecular flexibility index (Phi) is 5.52. The molecule has 0 spiro atoms. The molecule has 0 fully saturated rings. The highest BCUT2D eigenvalue weighted by molar-refractivity contribution is 6.11. The van der Waals surface area contributed by atoms with Gasteiger partial charge in [-0.1, -0.05) is 12.1 Å². The van der Waals surface area contributed by atoms with Crippen molar-refractivity contribution in [3.8, 4) is 34.1 Å². The first kappa shape index (κ1) is 21.0. The average molecular weight is 420 g/mol. The molecule has 1 aliphatic rings. The Morgan fingerprint density at radius 2 is 1.52 bits per heavy atom. The Labute approximate surface area is 183 Å². The molecule has 0 N–H and O–H groups in total. The van der Waals surface area contributed by atoms with E-state index in [-0.39, 0.29) is 6.04 Å². The molecule has 5 heteroatoms. The van der Waals surface area contributed by atoms with Crippen LogP contribution in [0, 0.1) is 6.92 Å². The number of aliphatic imine (C=N–C) groups is 1. The second-order valence-electron chi connectivity index (χ2n) is 7.94. The van der Waals surface area contributed by atoms with Gasteiger partial charge < -0.3 is 18.9 Å². The molecule has 0 saturated heterocycles. The lowest BCUT2D eigenvalue weighted by molar-refractivity contribution is 0.395. The van der Waals surface area contributed by atoms with Crippen LogP contribution in [0.2, 0.25) is 0 Å². The maximum absolute atomic E-state index is 6.04. The van der Waals surface area contributed by atoms with Gasteiger partial charge in [-0.25, -0.2) is 0 Å². The molecule has 0 aliphatic carbocycles. The summed E-state index contributed by atoms with van der Waals surface area (Å²) in [6.45, 7) is 6.26. The lowest BCUT2D eigenvalue weighted by atomic mass is 9.86. The van der Waals surface area contributed by atoms with Gasteiger partial charge in [-0.15, -0.1) is 0 Å². The van der Waals surface area contributed by atoms with Crippen molar-refractivity contribution in [2.75, 3.05) is 28.4 Å². The summed E-state index contributed by atoms with van der Waals surface area (Å²) in [4.78, 5) is 4.82. The van der Waals surface area contributed by atoms with Gasteiger partial charge in [0.25, 0.3) is 0 Å². The Morgan fingerprint density at radius 3 is 2.16 bits per heavy atom. The van der Waals surface area contributed by atoms with Crippen molar-refractivity contribution in [1.29, 1.82) is 0 Å². The number of fused-ring (bicyclic) bond motifs is 2. The van der Waals surface area contributed by atoms with Crippen LogP contribution in [-0.4, -0.2) is 40.2 Å². The lowest BCUT2D eigenvalue weighted by Crippen LogP contribution is -2.18. The smallest absolute Gasteiger partial charge is 0.139 e. The van der Waals surface area contributed by atoms with Crippen molar-refractivity contribution in [2.24, 2.45) is 4.99 Å². The fraction of sp³-hybridized carbons (Fsp3) is 0.346. The van der Waals surface area contributed by atoms with Crippen molar-refractivity contribution in [1.82, 2.24) is 0 Å². The highest BCUT2D eigenvalue weighted by Crippen LogP contribution is 2.50. The third kappa shape index (κ3) is 3.29. The van der Waals surface area contributed by atoms with Crippen LogP contribution in [0.15, 0.2) is 35.3 Å². The largest absolute Gasteiger partial charge is 0.496 e. The molecular formula is C26H29NO4. The summed E-state index contributed by atoms with van der Waals surface area (Å²) >= 11 is 0. The minimum absolute atomic E-state index is 0.237. The number of nitrogens with zero attached hydrogens (tertiary/aromatic N) is 1. The average Bonchev–Trinajstić information content (AvgIpc) is 2.76. The van der Waals surface area contributed by atoms with E-state index in [1.165, 1.54) is 5.56 Å². The number of aryl methyl sites for hydroxylation is 1. The maximum atomic E-state index is 6.04. The molecule has 3 aromatic carbocycles. The molecule has 31 heavy (non-hydrogen) atoms. The minimum atomic E-state index is 0.237. The molecule has 0 saturated carbocycles. The fourth-order valence-corrected chi connectivity index (χ4v) is 4.81. The van der Waals surface area contributed by atoms with Gasteiger partial charge in [0.15, 0.2) is 0 Å². The molecule has 3 aromatic rings. The maximum Gasteiger partial charge on any atom is 0.139 e. The second kappa shape index (κ2) is 8.14. The van der Waals surface area contributed by atoms with Gasteiger partial charge in [0.1, 0.15) is 23.0 Å². The Balaban J connectivity index is 2.17. The molecule has 1 atom stereocenters. The number of rotatable bonds is 5. The highest BCUT2D eigenvalue weighted by Gasteiger charge is 2.28. The van der Waals surface area contributed by atoms with Crippen LogP contribution in [0.5, 0.6) is 23.0 Å². The van der Waals surface area contributed by atoms with Crippen LogP contribution >= 0.6 is 0 Å². The van der Waals surface area contributed by atoms with Crippen LogP contribution in [0.1, 0.15) is 30.5 Å². The number of ether oxygens (including phenoxy) is 4. The van der Waals surface area contributed by atoms with Crippen molar-refractivity contribution in [3.05, 3.63) is 47.0 Å². The van der Waals surface area contributed by atoms with E-state index in [1.54, 1.807) is 28.4 Å². The van der Waals surface area contributed by atoms with Gasteiger partial charge >= 0.3 is 0 Å². The number of benzene rings is 3. The molecule has 0 unspecified atom stereocenters. The van der Waals surface area contributed by atoms with Crippen molar-refractivity contribution in [3.63, 3.8) is 0 Å². The van der Waals surface area contributed by atoms with E-state index < -0.39 is 0 Å².